The largest absolute Gasteiger partial charge is 0.399 e. The number of hydrogen-bond donors (Lipinski definition) is 1. The molecule has 0 spiro atoms. The van der Waals surface area contributed by atoms with Gasteiger partial charge < -0.3 is 10.6 Å². The van der Waals surface area contributed by atoms with E-state index >= 15 is 0 Å². The molecule has 0 aliphatic carbocycles. The summed E-state index contributed by atoms with van der Waals surface area (Å²) >= 11 is 0. The van der Waals surface area contributed by atoms with Crippen molar-refractivity contribution >= 4 is 11.4 Å². The Morgan fingerprint density at radius 3 is 2.68 bits per heavy atom. The van der Waals surface area contributed by atoms with Gasteiger partial charge in [-0.1, -0.05) is 12.1 Å². The second kappa shape index (κ2) is 5.40. The fourth-order valence-corrected chi connectivity index (χ4v) is 1.85. The minimum atomic E-state index is -0.366. The lowest BCUT2D eigenvalue weighted by Crippen LogP contribution is -2.17. The molecular formula is C15H14FN3. The molecule has 2 N–H and O–H groups in total. The zero-order valence-corrected chi connectivity index (χ0v) is 10.6. The second-order valence-electron chi connectivity index (χ2n) is 4.37. The quantitative estimate of drug-likeness (QED) is 0.858. The third-order valence-electron chi connectivity index (χ3n) is 2.90. The Bertz CT molecular complexity index is 632. The number of nitrogens with zero attached hydrogens (tertiary/aromatic N) is 2. The number of nitrogen functional groups attached to an aromatic ring is 1. The summed E-state index contributed by atoms with van der Waals surface area (Å²) in [7, 11) is 1.87. The smallest absolute Gasteiger partial charge is 0.129 e. The highest BCUT2D eigenvalue weighted by molar-refractivity contribution is 5.55. The number of nitrogens with two attached hydrogens (primary N) is 1. The van der Waals surface area contributed by atoms with Crippen LogP contribution in [0.2, 0.25) is 0 Å². The number of nitriles is 1. The summed E-state index contributed by atoms with van der Waals surface area (Å²) in [6, 6.07) is 13.8. The molecule has 3 nitrogen and oxygen atoms in total. The van der Waals surface area contributed by atoms with E-state index in [0.717, 1.165) is 5.69 Å². The maximum Gasteiger partial charge on any atom is 0.129 e. The highest BCUT2D eigenvalue weighted by atomic mass is 19.1. The molecule has 0 aliphatic heterocycles. The number of rotatable bonds is 3. The summed E-state index contributed by atoms with van der Waals surface area (Å²) in [4.78, 5) is 1.90. The Morgan fingerprint density at radius 2 is 2.05 bits per heavy atom. The summed E-state index contributed by atoms with van der Waals surface area (Å²) in [6.07, 6.45) is 0. The summed E-state index contributed by atoms with van der Waals surface area (Å²) in [5, 5.41) is 8.70. The van der Waals surface area contributed by atoms with Gasteiger partial charge in [-0.05, 0) is 30.3 Å². The van der Waals surface area contributed by atoms with Crippen molar-refractivity contribution in [2.45, 2.75) is 6.54 Å². The molecule has 0 radical (unpaired) electrons. The van der Waals surface area contributed by atoms with Crippen LogP contribution in [0, 0.1) is 17.1 Å². The molecule has 0 saturated carbocycles. The minimum absolute atomic E-state index is 0.327. The summed E-state index contributed by atoms with van der Waals surface area (Å²) < 4.78 is 13.8. The fourth-order valence-electron chi connectivity index (χ4n) is 1.85. The predicted octanol–water partition coefficient (Wildman–Crippen LogP) is 2.92. The Hall–Kier alpha value is -2.54. The van der Waals surface area contributed by atoms with Crippen LogP contribution in [0.25, 0.3) is 0 Å². The molecule has 4 heteroatoms. The first-order valence-electron chi connectivity index (χ1n) is 5.85. The normalized spacial score (nSPS) is 9.95. The molecule has 0 aromatic heterocycles. The Labute approximate surface area is 111 Å². The number of halogens is 1. The van der Waals surface area contributed by atoms with Gasteiger partial charge in [0, 0.05) is 30.5 Å². The molecule has 0 amide bonds. The highest BCUT2D eigenvalue weighted by Gasteiger charge is 2.07. The molecule has 2 aromatic carbocycles. The van der Waals surface area contributed by atoms with Gasteiger partial charge in [-0.2, -0.15) is 5.26 Å². The first-order chi connectivity index (χ1) is 9.10. The molecule has 0 atom stereocenters. The van der Waals surface area contributed by atoms with Crippen molar-refractivity contribution in [2.24, 2.45) is 0 Å². The van der Waals surface area contributed by atoms with Gasteiger partial charge in [-0.25, -0.2) is 4.39 Å². The van der Waals surface area contributed by atoms with Crippen molar-refractivity contribution in [1.29, 1.82) is 5.26 Å². The van der Waals surface area contributed by atoms with E-state index in [-0.39, 0.29) is 5.82 Å². The molecule has 0 saturated heterocycles. The standard InChI is InChI=1S/C15H14FN3/c1-19(14-4-2-3-13(18)8-14)10-12-6-5-11(9-17)7-15(12)16/h2-8H,10,18H2,1H3. The molecule has 0 aliphatic rings. The van der Waals surface area contributed by atoms with E-state index in [9.17, 15) is 4.39 Å². The fraction of sp³-hybridized carbons (Fsp3) is 0.133. The third kappa shape index (κ3) is 3.02. The van der Waals surface area contributed by atoms with Gasteiger partial charge in [0.1, 0.15) is 5.82 Å². The van der Waals surface area contributed by atoms with Gasteiger partial charge >= 0.3 is 0 Å². The highest BCUT2D eigenvalue weighted by Crippen LogP contribution is 2.19. The molecule has 96 valence electrons. The van der Waals surface area contributed by atoms with Crippen LogP contribution >= 0.6 is 0 Å². The van der Waals surface area contributed by atoms with Gasteiger partial charge in [-0.3, -0.25) is 0 Å². The third-order valence-corrected chi connectivity index (χ3v) is 2.90. The lowest BCUT2D eigenvalue weighted by Gasteiger charge is -2.20. The lowest BCUT2D eigenvalue weighted by molar-refractivity contribution is 0.607. The van der Waals surface area contributed by atoms with Gasteiger partial charge in [0.2, 0.25) is 0 Å². The second-order valence-corrected chi connectivity index (χ2v) is 4.37. The Morgan fingerprint density at radius 1 is 1.26 bits per heavy atom. The van der Waals surface area contributed by atoms with E-state index in [1.807, 2.05) is 36.2 Å². The molecule has 0 bridgehead atoms. The molecule has 2 rings (SSSR count). The van der Waals surface area contributed by atoms with Crippen LogP contribution < -0.4 is 10.6 Å². The van der Waals surface area contributed by atoms with Crippen LogP contribution in [0.5, 0.6) is 0 Å². The summed E-state index contributed by atoms with van der Waals surface area (Å²) in [6.45, 7) is 0.418. The lowest BCUT2D eigenvalue weighted by atomic mass is 10.1. The molecule has 19 heavy (non-hydrogen) atoms. The zero-order chi connectivity index (χ0) is 13.8. The van der Waals surface area contributed by atoms with Crippen molar-refractivity contribution in [3.63, 3.8) is 0 Å². The van der Waals surface area contributed by atoms with Crippen LogP contribution in [0.3, 0.4) is 0 Å². The Balaban J connectivity index is 2.20. The van der Waals surface area contributed by atoms with Crippen LogP contribution in [-0.2, 0) is 6.54 Å². The minimum Gasteiger partial charge on any atom is -0.399 e. The molecule has 0 unspecified atom stereocenters. The maximum atomic E-state index is 13.8. The van der Waals surface area contributed by atoms with E-state index in [2.05, 4.69) is 0 Å². The topological polar surface area (TPSA) is 53.0 Å². The summed E-state index contributed by atoms with van der Waals surface area (Å²) in [5.74, 6) is -0.366. The van der Waals surface area contributed by atoms with E-state index in [1.165, 1.54) is 6.07 Å². The molecule has 0 fully saturated rings. The van der Waals surface area contributed by atoms with Crippen molar-refractivity contribution < 1.29 is 4.39 Å². The number of anilines is 2. The monoisotopic (exact) mass is 255 g/mol. The summed E-state index contributed by atoms with van der Waals surface area (Å²) in [5.41, 5.74) is 8.18. The first-order valence-corrected chi connectivity index (χ1v) is 5.85. The average Bonchev–Trinajstić information content (AvgIpc) is 2.41. The van der Waals surface area contributed by atoms with Crippen molar-refractivity contribution in [3.8, 4) is 6.07 Å². The van der Waals surface area contributed by atoms with Crippen LogP contribution in [0.1, 0.15) is 11.1 Å². The van der Waals surface area contributed by atoms with Crippen molar-refractivity contribution in [2.75, 3.05) is 17.7 Å². The average molecular weight is 255 g/mol. The van der Waals surface area contributed by atoms with E-state index in [0.29, 0.717) is 23.4 Å². The number of benzene rings is 2. The molecular weight excluding hydrogens is 241 g/mol. The molecule has 2 aromatic rings. The van der Waals surface area contributed by atoms with Crippen molar-refractivity contribution in [3.05, 3.63) is 59.4 Å². The van der Waals surface area contributed by atoms with Crippen LogP contribution in [-0.4, -0.2) is 7.05 Å². The maximum absolute atomic E-state index is 13.8. The van der Waals surface area contributed by atoms with Gasteiger partial charge in [0.05, 0.1) is 11.6 Å². The van der Waals surface area contributed by atoms with Crippen molar-refractivity contribution in [1.82, 2.24) is 0 Å². The van der Waals surface area contributed by atoms with Gasteiger partial charge in [0.15, 0.2) is 0 Å². The SMILES string of the molecule is CN(Cc1ccc(C#N)cc1F)c1cccc(N)c1. The van der Waals surface area contributed by atoms with Gasteiger partial charge in [0.25, 0.3) is 0 Å². The van der Waals surface area contributed by atoms with E-state index < -0.39 is 0 Å². The molecule has 0 heterocycles. The Kier molecular flexibility index (Phi) is 3.67. The first kappa shape index (κ1) is 12.9. The van der Waals surface area contributed by atoms with E-state index in [4.69, 9.17) is 11.0 Å². The predicted molar refractivity (Wildman–Crippen MR) is 74.1 cm³/mol. The van der Waals surface area contributed by atoms with Crippen LogP contribution in [0.4, 0.5) is 15.8 Å². The number of hydrogen-bond acceptors (Lipinski definition) is 3. The van der Waals surface area contributed by atoms with E-state index in [1.54, 1.807) is 18.2 Å². The zero-order valence-electron chi connectivity index (χ0n) is 10.6. The van der Waals surface area contributed by atoms with Crippen LogP contribution in [0.15, 0.2) is 42.5 Å². The van der Waals surface area contributed by atoms with Gasteiger partial charge in [-0.15, -0.1) is 0 Å².